The number of ether oxygens (including phenoxy) is 3. The number of benzene rings is 2. The highest BCUT2D eigenvalue weighted by Crippen LogP contribution is 2.34. The smallest absolute Gasteiger partial charge is 0.340 e. The summed E-state index contributed by atoms with van der Waals surface area (Å²) < 4.78 is 21.0. The maximum atomic E-state index is 12.6. The SMILES string of the molecule is CC(O[C@H]1OC(C(=O)O)[C@H](O)[C@@H](O)[C@@H]1O)C(=O)Oc1cc(O)c2c(=O)cc(-c3ccc(O)c(O)c3)oc2c1. The van der Waals surface area contributed by atoms with Gasteiger partial charge in [0.05, 0.1) is 0 Å². The molecule has 2 heterocycles. The van der Waals surface area contributed by atoms with Crippen LogP contribution in [0.2, 0.25) is 0 Å². The second-order valence-electron chi connectivity index (χ2n) is 8.43. The second-order valence-corrected chi connectivity index (χ2v) is 8.43. The van der Waals surface area contributed by atoms with E-state index in [-0.39, 0.29) is 28.0 Å². The van der Waals surface area contributed by atoms with Gasteiger partial charge < -0.3 is 54.4 Å². The van der Waals surface area contributed by atoms with E-state index in [4.69, 9.17) is 23.7 Å². The first kappa shape index (κ1) is 26.8. The number of aromatic hydroxyl groups is 3. The largest absolute Gasteiger partial charge is 0.507 e. The van der Waals surface area contributed by atoms with Crippen LogP contribution in [0.15, 0.2) is 45.6 Å². The minimum absolute atomic E-state index is 0.0328. The molecule has 1 saturated heterocycles. The molecule has 0 spiro atoms. The monoisotopic (exact) mass is 534 g/mol. The molecule has 0 aliphatic carbocycles. The van der Waals surface area contributed by atoms with Crippen molar-refractivity contribution in [3.05, 3.63) is 46.6 Å². The van der Waals surface area contributed by atoms with Gasteiger partial charge in [-0.15, -0.1) is 0 Å². The van der Waals surface area contributed by atoms with Crippen molar-refractivity contribution < 1.29 is 64.0 Å². The van der Waals surface area contributed by atoms with Gasteiger partial charge in [-0.1, -0.05) is 0 Å². The number of phenolic OH excluding ortho intramolecular Hbond substituents is 3. The Morgan fingerprint density at radius 1 is 0.921 bits per heavy atom. The normalized spacial score (nSPS) is 24.2. The van der Waals surface area contributed by atoms with Crippen molar-refractivity contribution >= 4 is 22.9 Å². The molecule has 38 heavy (non-hydrogen) atoms. The Kier molecular flexibility index (Phi) is 7.26. The Labute approximate surface area is 212 Å². The quantitative estimate of drug-likeness (QED) is 0.123. The molecule has 14 heteroatoms. The van der Waals surface area contributed by atoms with E-state index >= 15 is 0 Å². The Hall–Kier alpha value is -4.21. The van der Waals surface area contributed by atoms with Crippen LogP contribution in [0.4, 0.5) is 0 Å². The van der Waals surface area contributed by atoms with Crippen molar-refractivity contribution in [1.82, 2.24) is 0 Å². The topological polar surface area (TPSA) is 234 Å². The Bertz CT molecular complexity index is 1450. The molecule has 2 unspecified atom stereocenters. The molecule has 4 rings (SSSR count). The maximum absolute atomic E-state index is 12.6. The Morgan fingerprint density at radius 3 is 2.29 bits per heavy atom. The predicted octanol–water partition coefficient (Wildman–Crippen LogP) is -0.220. The fraction of sp³-hybridized carbons (Fsp3) is 0.292. The molecule has 1 aromatic heterocycles. The van der Waals surface area contributed by atoms with Crippen molar-refractivity contribution in [3.63, 3.8) is 0 Å². The summed E-state index contributed by atoms with van der Waals surface area (Å²) >= 11 is 0. The lowest BCUT2D eigenvalue weighted by molar-refractivity contribution is -0.301. The molecular weight excluding hydrogens is 512 g/mol. The van der Waals surface area contributed by atoms with Gasteiger partial charge in [0.1, 0.15) is 46.5 Å². The van der Waals surface area contributed by atoms with E-state index in [0.717, 1.165) is 24.3 Å². The second kappa shape index (κ2) is 10.3. The highest BCUT2D eigenvalue weighted by molar-refractivity contribution is 5.87. The zero-order valence-electron chi connectivity index (χ0n) is 19.4. The summed E-state index contributed by atoms with van der Waals surface area (Å²) in [6, 6.07) is 6.83. The summed E-state index contributed by atoms with van der Waals surface area (Å²) in [4.78, 5) is 36.4. The number of carbonyl (C=O) groups is 2. The molecule has 0 bridgehead atoms. The van der Waals surface area contributed by atoms with E-state index in [0.29, 0.717) is 0 Å². The number of esters is 1. The summed E-state index contributed by atoms with van der Waals surface area (Å²) in [5.41, 5.74) is -0.622. The van der Waals surface area contributed by atoms with Crippen LogP contribution in [0.1, 0.15) is 6.92 Å². The van der Waals surface area contributed by atoms with Crippen LogP contribution in [-0.4, -0.2) is 84.5 Å². The number of aliphatic hydroxyl groups is 3. The summed E-state index contributed by atoms with van der Waals surface area (Å²) in [5, 5.41) is 68.1. The fourth-order valence-corrected chi connectivity index (χ4v) is 3.74. The van der Waals surface area contributed by atoms with E-state index in [2.05, 4.69) is 0 Å². The van der Waals surface area contributed by atoms with E-state index < -0.39 is 71.4 Å². The molecule has 7 N–H and O–H groups in total. The van der Waals surface area contributed by atoms with Crippen LogP contribution in [0.3, 0.4) is 0 Å². The molecule has 14 nitrogen and oxygen atoms in total. The van der Waals surface area contributed by atoms with Gasteiger partial charge in [-0.05, 0) is 25.1 Å². The lowest BCUT2D eigenvalue weighted by Gasteiger charge is -2.39. The number of hydrogen-bond donors (Lipinski definition) is 7. The van der Waals surface area contributed by atoms with Crippen LogP contribution >= 0.6 is 0 Å². The lowest BCUT2D eigenvalue weighted by Crippen LogP contribution is -2.61. The third-order valence-corrected chi connectivity index (χ3v) is 5.74. The van der Waals surface area contributed by atoms with Crippen LogP contribution in [0.5, 0.6) is 23.0 Å². The molecule has 0 radical (unpaired) electrons. The van der Waals surface area contributed by atoms with Gasteiger partial charge in [0.25, 0.3) is 0 Å². The van der Waals surface area contributed by atoms with Gasteiger partial charge in [-0.2, -0.15) is 0 Å². The fourth-order valence-electron chi connectivity index (χ4n) is 3.74. The molecule has 1 aliphatic heterocycles. The molecule has 2 aromatic carbocycles. The van der Waals surface area contributed by atoms with Gasteiger partial charge >= 0.3 is 11.9 Å². The zero-order chi connectivity index (χ0) is 27.9. The maximum Gasteiger partial charge on any atom is 0.340 e. The minimum atomic E-state index is -1.95. The molecule has 0 amide bonds. The number of fused-ring (bicyclic) bond motifs is 1. The van der Waals surface area contributed by atoms with Gasteiger partial charge in [-0.3, -0.25) is 4.79 Å². The number of hydrogen-bond acceptors (Lipinski definition) is 13. The van der Waals surface area contributed by atoms with Crippen LogP contribution in [0, 0.1) is 0 Å². The van der Waals surface area contributed by atoms with Crippen LogP contribution in [-0.2, 0) is 19.1 Å². The summed E-state index contributed by atoms with van der Waals surface area (Å²) in [7, 11) is 0. The van der Waals surface area contributed by atoms with E-state index in [1.165, 1.54) is 19.1 Å². The molecule has 3 aromatic rings. The van der Waals surface area contributed by atoms with Gasteiger partial charge in [0.2, 0.25) is 0 Å². The third kappa shape index (κ3) is 5.11. The molecule has 0 saturated carbocycles. The average Bonchev–Trinajstić information content (AvgIpc) is 2.85. The van der Waals surface area contributed by atoms with Gasteiger partial charge in [-0.25, -0.2) is 9.59 Å². The highest BCUT2D eigenvalue weighted by Gasteiger charge is 2.48. The summed E-state index contributed by atoms with van der Waals surface area (Å²) in [5.74, 6) is -4.50. The number of carboxylic acid groups (broad SMARTS) is 1. The predicted molar refractivity (Wildman–Crippen MR) is 123 cm³/mol. The first-order chi connectivity index (χ1) is 17.9. The van der Waals surface area contributed by atoms with Gasteiger partial charge in [0.15, 0.2) is 35.4 Å². The van der Waals surface area contributed by atoms with E-state index in [9.17, 15) is 45.0 Å². The van der Waals surface area contributed by atoms with Crippen molar-refractivity contribution in [2.45, 2.75) is 43.7 Å². The zero-order valence-corrected chi connectivity index (χ0v) is 19.4. The van der Waals surface area contributed by atoms with Crippen molar-refractivity contribution in [2.24, 2.45) is 0 Å². The number of phenols is 3. The third-order valence-electron chi connectivity index (χ3n) is 5.74. The van der Waals surface area contributed by atoms with Crippen LogP contribution in [0.25, 0.3) is 22.3 Å². The van der Waals surface area contributed by atoms with Crippen molar-refractivity contribution in [2.75, 3.05) is 0 Å². The number of aliphatic carboxylic acids is 1. The van der Waals surface area contributed by atoms with E-state index in [1.807, 2.05) is 0 Å². The van der Waals surface area contributed by atoms with Crippen molar-refractivity contribution in [1.29, 1.82) is 0 Å². The molecule has 1 fully saturated rings. The average molecular weight is 534 g/mol. The van der Waals surface area contributed by atoms with Crippen LogP contribution < -0.4 is 10.2 Å². The summed E-state index contributed by atoms with van der Waals surface area (Å²) in [6.45, 7) is 1.17. The summed E-state index contributed by atoms with van der Waals surface area (Å²) in [6.07, 6.45) is -11.1. The lowest BCUT2D eigenvalue weighted by atomic mass is 9.99. The number of aliphatic hydroxyl groups excluding tert-OH is 3. The minimum Gasteiger partial charge on any atom is -0.507 e. The first-order valence-corrected chi connectivity index (χ1v) is 11.0. The van der Waals surface area contributed by atoms with E-state index in [1.54, 1.807) is 0 Å². The molecular formula is C24H22O14. The number of rotatable bonds is 6. The Balaban J connectivity index is 1.56. The number of carbonyl (C=O) groups excluding carboxylic acids is 1. The highest BCUT2D eigenvalue weighted by atomic mass is 16.7. The molecule has 1 aliphatic rings. The number of carboxylic acids is 1. The molecule has 202 valence electrons. The Morgan fingerprint density at radius 2 is 1.63 bits per heavy atom. The van der Waals surface area contributed by atoms with Gasteiger partial charge in [0, 0.05) is 23.8 Å². The van der Waals surface area contributed by atoms with Crippen molar-refractivity contribution in [3.8, 4) is 34.3 Å². The first-order valence-electron chi connectivity index (χ1n) is 11.0. The molecule has 6 atom stereocenters. The standard InChI is InChI=1S/C24H22O14/c1-8(35-24-20(31)18(29)19(30)21(38-24)22(32)33)23(34)36-10-5-13(27)17-14(28)7-15(37-16(17)6-10)9-2-3-11(25)12(26)4-9/h2-8,18-21,24-27,29-31H,1H3,(H,32,33)/t8?,18-,19-,20+,21?,24+/m1/s1.